The lowest BCUT2D eigenvalue weighted by molar-refractivity contribution is -0.433. The zero-order valence-corrected chi connectivity index (χ0v) is 54.9. The predicted octanol–water partition coefficient (Wildman–Crippen LogP) is 1.03. The van der Waals surface area contributed by atoms with Gasteiger partial charge in [-0.2, -0.15) is 10.2 Å². The van der Waals surface area contributed by atoms with Crippen molar-refractivity contribution < 1.29 is 97.4 Å². The number of benzene rings is 3. The SMILES string of the molecule is CCCCCOc1ccc(-c2nc(-c3ccc(C(=O)N[C@H]4C[C@H](O)CNC(=O)C5[C@@H](O)C(C)CN5C(=O)[C@H]([C@H](O)CC#N)NC(=O)C([C@H](O)Cc5ccc(O)c(OSOOO)c5)NC(=O)C5CC(O)CN5C(=O)C(C(C)O)NC4=O)cc3)no2)cc1.CCN(C(C)C)C(C)C. The fourth-order valence-electron chi connectivity index (χ4n) is 11.3. The van der Waals surface area contributed by atoms with E-state index >= 15 is 0 Å². The number of phenolic OH excluding ortho intramolecular Hbond substituents is 1. The smallest absolute Gasteiger partial charge is 0.261 e. The number of carbonyl (C=O) groups excluding carboxylic acids is 7. The normalized spacial score (nSPS) is 24.2. The first kappa shape index (κ1) is 76.0. The maximum atomic E-state index is 14.6. The van der Waals surface area contributed by atoms with Gasteiger partial charge in [0.15, 0.2) is 11.5 Å². The second kappa shape index (κ2) is 36.2. The third-order valence-corrected chi connectivity index (χ3v) is 16.7. The number of nitrogens with one attached hydrogen (secondary N) is 5. The largest absolute Gasteiger partial charge is 0.504 e. The summed E-state index contributed by atoms with van der Waals surface area (Å²) in [6, 6.07) is 7.93. The van der Waals surface area contributed by atoms with Gasteiger partial charge in [-0.1, -0.05) is 66.3 Å². The van der Waals surface area contributed by atoms with Crippen LogP contribution in [0.15, 0.2) is 71.3 Å². The number of fused-ring (bicyclic) bond motifs is 2. The lowest BCUT2D eigenvalue weighted by Crippen LogP contribution is -2.64. The van der Waals surface area contributed by atoms with E-state index < -0.39 is 165 Å². The Hall–Kier alpha value is -8.07. The molecule has 0 bridgehead atoms. The number of hydrogen-bond acceptors (Lipinski definition) is 25. The number of aromatic nitrogens is 2. The molecule has 0 saturated carbocycles. The highest BCUT2D eigenvalue weighted by atomic mass is 32.2. The minimum Gasteiger partial charge on any atom is -0.504 e. The van der Waals surface area contributed by atoms with Gasteiger partial charge in [-0.15, -0.1) is 0 Å². The third kappa shape index (κ3) is 20.7. The molecule has 3 saturated heterocycles. The third-order valence-electron chi connectivity index (χ3n) is 16.3. The van der Waals surface area contributed by atoms with Gasteiger partial charge in [0.05, 0.1) is 55.7 Å². The summed E-state index contributed by atoms with van der Waals surface area (Å²) in [6.45, 7) is 15.9. The Balaban J connectivity index is 0.00000147. The minimum absolute atomic E-state index is 0.0301. The van der Waals surface area contributed by atoms with Crippen molar-refractivity contribution >= 4 is 53.7 Å². The van der Waals surface area contributed by atoms with Crippen LogP contribution in [0.1, 0.15) is 110 Å². The molecule has 3 aromatic carbocycles. The molecule has 1 aromatic heterocycles. The van der Waals surface area contributed by atoms with Crippen molar-refractivity contribution in [1.82, 2.24) is 51.4 Å². The van der Waals surface area contributed by atoms with Crippen LogP contribution in [0.3, 0.4) is 0 Å². The summed E-state index contributed by atoms with van der Waals surface area (Å²) in [4.78, 5) is 109. The minimum atomic E-state index is -2.16. The van der Waals surface area contributed by atoms with Crippen LogP contribution >= 0.6 is 12.3 Å². The number of aromatic hydroxyl groups is 1. The fourth-order valence-corrected chi connectivity index (χ4v) is 11.6. The molecule has 13 N–H and O–H groups in total. The second-order valence-electron chi connectivity index (χ2n) is 24.1. The fraction of sp³-hybridized carbons (Fsp3) is 0.556. The molecule has 3 aliphatic rings. The van der Waals surface area contributed by atoms with E-state index in [0.29, 0.717) is 35.6 Å². The summed E-state index contributed by atoms with van der Waals surface area (Å²) in [5.74, 6) is -8.72. The number of hydrogen-bond donors (Lipinski definition) is 13. The Bertz CT molecular complexity index is 3240. The first-order chi connectivity index (χ1) is 45.2. The number of ether oxygens (including phenoxy) is 1. The standard InChI is InChI=1S/C55H68N10O20S.C8H19N/c1-4-5-6-19-81-35-14-12-32(13-15-35)53-62-47(63-82-53)30-8-10-31(11-9-30)48(73)58-36-22-33(67)24-57-52(77)45-46(72)27(2)25-65(45)55(79)44(39(70)17-18-56)61-51(76)43(40(71)20-29-7-16-38(69)41(21-29)83-86-85-84-80)60-50(75)37-23-34(68)26-64(37)54(78)42(28(3)66)59-49(36)74;1-6-9(7(2)3)8(4)5/h7-16,21,27-28,33-34,36-37,39-40,42-46,66-72,80H,4-6,17,19-20,22-26H2,1-3H3,(H,57,77)(H,58,73)(H,59,74)(H,60,75)(H,61,76);7-8H,6H2,1-5H3/t27?,28?,33-,34?,36-,37?,39+,40+,42?,43?,44-,45?,46-;/m0./s1. The number of rotatable bonds is 22. The number of unbranched alkanes of at least 4 members (excludes halogenated alkanes) is 2. The summed E-state index contributed by atoms with van der Waals surface area (Å²) >= 11 is 0.0638. The van der Waals surface area contributed by atoms with E-state index in [0.717, 1.165) is 54.7 Å². The molecule has 95 heavy (non-hydrogen) atoms. The van der Waals surface area contributed by atoms with Crippen LogP contribution < -0.4 is 35.5 Å². The van der Waals surface area contributed by atoms with Crippen molar-refractivity contribution in [3.8, 4) is 46.2 Å². The van der Waals surface area contributed by atoms with Crippen LogP contribution in [0, 0.1) is 17.2 Å². The molecule has 31 nitrogen and oxygen atoms in total. The average molecular weight is 1350 g/mol. The average Bonchev–Trinajstić information content (AvgIpc) is 1.70. The quantitative estimate of drug-likeness (QED) is 0.0226. The zero-order valence-electron chi connectivity index (χ0n) is 54.1. The number of phenols is 1. The lowest BCUT2D eigenvalue weighted by Gasteiger charge is -2.33. The highest BCUT2D eigenvalue weighted by Crippen LogP contribution is 2.32. The molecule has 4 aromatic rings. The summed E-state index contributed by atoms with van der Waals surface area (Å²) < 4.78 is 20.6. The van der Waals surface area contributed by atoms with Crippen molar-refractivity contribution in [1.29, 1.82) is 5.26 Å². The molecule has 7 unspecified atom stereocenters. The van der Waals surface area contributed by atoms with E-state index in [1.54, 1.807) is 30.3 Å². The van der Waals surface area contributed by atoms with Gasteiger partial charge in [0.2, 0.25) is 41.3 Å². The van der Waals surface area contributed by atoms with Crippen molar-refractivity contribution in [2.45, 2.75) is 185 Å². The molecule has 4 heterocycles. The van der Waals surface area contributed by atoms with Crippen LogP contribution in [0.4, 0.5) is 0 Å². The Morgan fingerprint density at radius 2 is 1.45 bits per heavy atom. The molecule has 0 aliphatic carbocycles. The molecule has 520 valence electrons. The molecular formula is C63H87N11O20S. The van der Waals surface area contributed by atoms with Crippen molar-refractivity contribution in [3.63, 3.8) is 0 Å². The molecule has 7 amide bonds. The summed E-state index contributed by atoms with van der Waals surface area (Å²) in [5, 5.41) is 116. The van der Waals surface area contributed by atoms with Gasteiger partial charge in [0.1, 0.15) is 42.0 Å². The Morgan fingerprint density at radius 1 is 0.800 bits per heavy atom. The molecule has 7 rings (SSSR count). The molecule has 0 spiro atoms. The van der Waals surface area contributed by atoms with Crippen LogP contribution in [-0.4, -0.2) is 225 Å². The van der Waals surface area contributed by atoms with Crippen LogP contribution in [0.25, 0.3) is 22.8 Å². The van der Waals surface area contributed by atoms with Gasteiger partial charge < -0.3 is 85.6 Å². The van der Waals surface area contributed by atoms with E-state index in [9.17, 15) is 74.6 Å². The molecule has 0 radical (unpaired) electrons. The van der Waals surface area contributed by atoms with Crippen molar-refractivity contribution in [2.75, 3.05) is 32.8 Å². The summed E-state index contributed by atoms with van der Waals surface area (Å²) in [6.07, 6.45) is -10.2. The van der Waals surface area contributed by atoms with Crippen LogP contribution in [0.5, 0.6) is 17.2 Å². The Morgan fingerprint density at radius 3 is 2.07 bits per heavy atom. The first-order valence-electron chi connectivity index (χ1n) is 31.3. The van der Waals surface area contributed by atoms with E-state index in [4.69, 9.17) is 18.7 Å². The summed E-state index contributed by atoms with van der Waals surface area (Å²) in [5.41, 5.74) is 1.11. The second-order valence-corrected chi connectivity index (χ2v) is 24.5. The molecule has 32 heteroatoms. The van der Waals surface area contributed by atoms with E-state index in [-0.39, 0.29) is 47.5 Å². The van der Waals surface area contributed by atoms with E-state index in [1.165, 1.54) is 37.3 Å². The first-order valence-corrected chi connectivity index (χ1v) is 32.0. The van der Waals surface area contributed by atoms with Gasteiger partial charge in [0.25, 0.3) is 24.1 Å². The maximum Gasteiger partial charge on any atom is 0.261 e. The number of nitrogens with zero attached hydrogens (tertiary/aromatic N) is 6. The van der Waals surface area contributed by atoms with Crippen molar-refractivity contribution in [3.05, 3.63) is 77.9 Å². The Kier molecular flexibility index (Phi) is 28.9. The zero-order chi connectivity index (χ0) is 69.8. The topological polar surface area (TPSA) is 451 Å². The maximum absolute atomic E-state index is 14.6. The molecular weight excluding hydrogens is 1260 g/mol. The van der Waals surface area contributed by atoms with Crippen LogP contribution in [0.2, 0.25) is 0 Å². The molecule has 3 aliphatic heterocycles. The van der Waals surface area contributed by atoms with E-state index in [2.05, 4.69) is 92.5 Å². The van der Waals surface area contributed by atoms with Crippen LogP contribution in [-0.2, 0) is 44.6 Å². The molecule has 3 fully saturated rings. The van der Waals surface area contributed by atoms with Gasteiger partial charge in [-0.3, -0.25) is 38.5 Å². The number of nitriles is 1. The van der Waals surface area contributed by atoms with Crippen molar-refractivity contribution in [2.24, 2.45) is 5.92 Å². The summed E-state index contributed by atoms with van der Waals surface area (Å²) in [7, 11) is 0. The number of carbonyl (C=O) groups is 7. The molecule has 13 atom stereocenters. The van der Waals surface area contributed by atoms with Gasteiger partial charge in [-0.05, 0) is 102 Å². The van der Waals surface area contributed by atoms with Gasteiger partial charge in [-0.25, -0.2) is 5.26 Å². The lowest BCUT2D eigenvalue weighted by atomic mass is 9.98. The highest BCUT2D eigenvalue weighted by molar-refractivity contribution is 7.90. The van der Waals surface area contributed by atoms with E-state index in [1.807, 2.05) is 0 Å². The highest BCUT2D eigenvalue weighted by Gasteiger charge is 2.50. The van der Waals surface area contributed by atoms with Gasteiger partial charge in [0, 0.05) is 73.6 Å². The number of amides is 7. The monoisotopic (exact) mass is 1350 g/mol. The predicted molar refractivity (Wildman–Crippen MR) is 339 cm³/mol. The number of aliphatic hydroxyl groups excluding tert-OH is 6. The number of β-amino-alcohol motifs (C(OH)–C–C–N with tert-alkyl or cyclic N) is 1. The number of aliphatic hydroxyl groups is 6. The Labute approximate surface area is 553 Å². The van der Waals surface area contributed by atoms with Gasteiger partial charge >= 0.3 is 0 Å².